The predicted molar refractivity (Wildman–Crippen MR) is 54.7 cm³/mol. The highest BCUT2D eigenvalue weighted by Gasteiger charge is 2.17. The van der Waals surface area contributed by atoms with Crippen LogP contribution in [0.25, 0.3) is 0 Å². The number of rotatable bonds is 3. The molecule has 1 rings (SSSR count). The Bertz CT molecular complexity index is 305. The molecular weight excluding hydrogens is 182 g/mol. The highest BCUT2D eigenvalue weighted by molar-refractivity contribution is 5.26. The third kappa shape index (κ3) is 2.31. The molecule has 0 fully saturated rings. The van der Waals surface area contributed by atoms with Crippen molar-refractivity contribution in [3.8, 4) is 0 Å². The topological polar surface area (TPSA) is 0 Å². The van der Waals surface area contributed by atoms with E-state index in [1.807, 2.05) is 13.0 Å². The summed E-state index contributed by atoms with van der Waals surface area (Å²) in [5.74, 6) is -0.438. The second kappa shape index (κ2) is 4.54. The van der Waals surface area contributed by atoms with E-state index >= 15 is 0 Å². The first-order valence-electron chi connectivity index (χ1n) is 4.96. The van der Waals surface area contributed by atoms with Crippen LogP contribution in [0.3, 0.4) is 0 Å². The fourth-order valence-electron chi connectivity index (χ4n) is 1.67. The summed E-state index contributed by atoms with van der Waals surface area (Å²) in [5.41, 5.74) is 1.36. The zero-order valence-corrected chi connectivity index (χ0v) is 8.85. The number of alkyl halides is 1. The Kier molecular flexibility index (Phi) is 3.62. The highest BCUT2D eigenvalue weighted by atomic mass is 19.1. The molecule has 2 unspecified atom stereocenters. The van der Waals surface area contributed by atoms with E-state index in [0.717, 1.165) is 5.56 Å². The predicted octanol–water partition coefficient (Wildman–Crippen LogP) is 3.99. The molecule has 2 atom stereocenters. The van der Waals surface area contributed by atoms with Gasteiger partial charge in [0.05, 0.1) is 0 Å². The van der Waals surface area contributed by atoms with E-state index in [9.17, 15) is 8.78 Å². The summed E-state index contributed by atoms with van der Waals surface area (Å²) in [4.78, 5) is 0. The van der Waals surface area contributed by atoms with Gasteiger partial charge in [0.15, 0.2) is 0 Å². The van der Waals surface area contributed by atoms with Crippen molar-refractivity contribution in [1.82, 2.24) is 0 Å². The molecule has 0 saturated carbocycles. The lowest BCUT2D eigenvalue weighted by molar-refractivity contribution is 0.299. The molecule has 0 amide bonds. The molecule has 0 N–H and O–H groups in total. The maximum absolute atomic E-state index is 13.2. The molecule has 78 valence electrons. The van der Waals surface area contributed by atoms with Gasteiger partial charge in [0.1, 0.15) is 12.0 Å². The normalized spacial score (nSPS) is 15.2. The molecule has 0 aliphatic carbocycles. The number of aryl methyl sites for hydroxylation is 1. The fraction of sp³-hybridized carbons (Fsp3) is 0.500. The van der Waals surface area contributed by atoms with Gasteiger partial charge >= 0.3 is 0 Å². The van der Waals surface area contributed by atoms with Crippen LogP contribution in [0.5, 0.6) is 0 Å². The standard InChI is InChI=1S/C12H16F2/c1-4-11(9(3)13)10-6-5-8(2)12(14)7-10/h5-7,9,11H,4H2,1-3H3. The quantitative estimate of drug-likeness (QED) is 0.689. The van der Waals surface area contributed by atoms with E-state index in [1.165, 1.54) is 13.0 Å². The van der Waals surface area contributed by atoms with Gasteiger partial charge in [-0.25, -0.2) is 8.78 Å². The van der Waals surface area contributed by atoms with Gasteiger partial charge in [0, 0.05) is 5.92 Å². The SMILES string of the molecule is CCC(c1ccc(C)c(F)c1)C(C)F. The van der Waals surface area contributed by atoms with Gasteiger partial charge in [-0.3, -0.25) is 0 Å². The smallest absolute Gasteiger partial charge is 0.126 e. The number of benzene rings is 1. The average Bonchev–Trinajstić information content (AvgIpc) is 2.11. The number of halogens is 2. The summed E-state index contributed by atoms with van der Waals surface area (Å²) < 4.78 is 26.4. The van der Waals surface area contributed by atoms with E-state index in [-0.39, 0.29) is 11.7 Å². The molecule has 14 heavy (non-hydrogen) atoms. The second-order valence-electron chi connectivity index (χ2n) is 3.70. The molecule has 1 aromatic rings. The van der Waals surface area contributed by atoms with Gasteiger partial charge in [0.2, 0.25) is 0 Å². The van der Waals surface area contributed by atoms with E-state index in [2.05, 4.69) is 0 Å². The molecule has 0 aliphatic rings. The first kappa shape index (κ1) is 11.2. The Balaban J connectivity index is 3.00. The Morgan fingerprint density at radius 1 is 1.36 bits per heavy atom. The lowest BCUT2D eigenvalue weighted by Crippen LogP contribution is -2.09. The van der Waals surface area contributed by atoms with Crippen molar-refractivity contribution in [3.63, 3.8) is 0 Å². The van der Waals surface area contributed by atoms with Crippen molar-refractivity contribution in [1.29, 1.82) is 0 Å². The van der Waals surface area contributed by atoms with Crippen molar-refractivity contribution in [2.45, 2.75) is 39.3 Å². The highest BCUT2D eigenvalue weighted by Crippen LogP contribution is 2.26. The Morgan fingerprint density at radius 2 is 2.00 bits per heavy atom. The molecule has 0 aromatic heterocycles. The molecule has 0 spiro atoms. The fourth-order valence-corrected chi connectivity index (χ4v) is 1.67. The maximum Gasteiger partial charge on any atom is 0.126 e. The summed E-state index contributed by atoms with van der Waals surface area (Å²) in [5, 5.41) is 0. The third-order valence-electron chi connectivity index (χ3n) is 2.62. The Morgan fingerprint density at radius 3 is 2.43 bits per heavy atom. The van der Waals surface area contributed by atoms with Crippen LogP contribution in [0.2, 0.25) is 0 Å². The monoisotopic (exact) mass is 198 g/mol. The van der Waals surface area contributed by atoms with E-state index < -0.39 is 6.17 Å². The lowest BCUT2D eigenvalue weighted by atomic mass is 9.92. The second-order valence-corrected chi connectivity index (χ2v) is 3.70. The van der Waals surface area contributed by atoms with Gasteiger partial charge in [-0.15, -0.1) is 0 Å². The number of hydrogen-bond acceptors (Lipinski definition) is 0. The van der Waals surface area contributed by atoms with Crippen LogP contribution in [0.1, 0.15) is 37.3 Å². The summed E-state index contributed by atoms with van der Waals surface area (Å²) >= 11 is 0. The van der Waals surface area contributed by atoms with Crippen molar-refractivity contribution in [2.24, 2.45) is 0 Å². The third-order valence-corrected chi connectivity index (χ3v) is 2.62. The van der Waals surface area contributed by atoms with Gasteiger partial charge in [-0.05, 0) is 37.5 Å². The van der Waals surface area contributed by atoms with Crippen molar-refractivity contribution in [3.05, 3.63) is 35.1 Å². The first-order valence-corrected chi connectivity index (χ1v) is 4.96. The molecule has 0 heterocycles. The molecule has 0 radical (unpaired) electrons. The summed E-state index contributed by atoms with van der Waals surface area (Å²) in [7, 11) is 0. The van der Waals surface area contributed by atoms with Crippen LogP contribution in [-0.4, -0.2) is 6.17 Å². The van der Waals surface area contributed by atoms with Gasteiger partial charge in [-0.1, -0.05) is 19.1 Å². The minimum absolute atomic E-state index is 0.190. The molecule has 0 saturated heterocycles. The molecule has 0 nitrogen and oxygen atoms in total. The molecule has 0 aliphatic heterocycles. The molecular formula is C12H16F2. The van der Waals surface area contributed by atoms with Gasteiger partial charge in [-0.2, -0.15) is 0 Å². The Labute approximate surface area is 84.0 Å². The number of hydrogen-bond donors (Lipinski definition) is 0. The summed E-state index contributed by atoms with van der Waals surface area (Å²) in [6.07, 6.45) is -0.234. The minimum Gasteiger partial charge on any atom is -0.247 e. The zero-order valence-electron chi connectivity index (χ0n) is 8.85. The van der Waals surface area contributed by atoms with Crippen LogP contribution in [0.4, 0.5) is 8.78 Å². The lowest BCUT2D eigenvalue weighted by Gasteiger charge is -2.17. The van der Waals surface area contributed by atoms with Gasteiger partial charge in [0.25, 0.3) is 0 Å². The molecule has 0 bridgehead atoms. The summed E-state index contributed by atoms with van der Waals surface area (Å²) in [6, 6.07) is 4.96. The van der Waals surface area contributed by atoms with E-state index in [1.54, 1.807) is 13.0 Å². The van der Waals surface area contributed by atoms with Crippen molar-refractivity contribution in [2.75, 3.05) is 0 Å². The minimum atomic E-state index is -0.929. The van der Waals surface area contributed by atoms with Crippen LogP contribution in [0.15, 0.2) is 18.2 Å². The molecule has 1 aromatic carbocycles. The molecule has 2 heteroatoms. The zero-order chi connectivity index (χ0) is 10.7. The van der Waals surface area contributed by atoms with E-state index in [0.29, 0.717) is 12.0 Å². The van der Waals surface area contributed by atoms with Crippen LogP contribution >= 0.6 is 0 Å². The maximum atomic E-state index is 13.2. The first-order chi connectivity index (χ1) is 6.56. The summed E-state index contributed by atoms with van der Waals surface area (Å²) in [6.45, 7) is 5.14. The van der Waals surface area contributed by atoms with Crippen LogP contribution in [0, 0.1) is 12.7 Å². The largest absolute Gasteiger partial charge is 0.247 e. The van der Waals surface area contributed by atoms with E-state index in [4.69, 9.17) is 0 Å². The Hall–Kier alpha value is -0.920. The van der Waals surface area contributed by atoms with Crippen molar-refractivity contribution >= 4 is 0 Å². The van der Waals surface area contributed by atoms with Crippen molar-refractivity contribution < 1.29 is 8.78 Å². The average molecular weight is 198 g/mol. The van der Waals surface area contributed by atoms with Crippen LogP contribution in [-0.2, 0) is 0 Å². The van der Waals surface area contributed by atoms with Gasteiger partial charge < -0.3 is 0 Å². The van der Waals surface area contributed by atoms with Crippen LogP contribution < -0.4 is 0 Å².